The molecule has 0 heterocycles. The molecule has 2 aromatic carbocycles. The number of aryl methyl sites for hydroxylation is 1. The van der Waals surface area contributed by atoms with E-state index in [-0.39, 0.29) is 6.61 Å². The molecule has 0 aliphatic carbocycles. The van der Waals surface area contributed by atoms with Gasteiger partial charge in [-0.05, 0) is 35.2 Å². The fourth-order valence-corrected chi connectivity index (χ4v) is 1.86. The molecule has 19 heavy (non-hydrogen) atoms. The first kappa shape index (κ1) is 13.1. The summed E-state index contributed by atoms with van der Waals surface area (Å²) in [6.45, 7) is 1.81. The highest BCUT2D eigenvalue weighted by atomic mass is 16.5. The monoisotopic (exact) mass is 256 g/mol. The zero-order chi connectivity index (χ0) is 13.7. The molecule has 0 unspecified atom stereocenters. The lowest BCUT2D eigenvalue weighted by Crippen LogP contribution is -2.09. The maximum atomic E-state index is 10.4. The molecule has 1 N–H and O–H groups in total. The average molecular weight is 256 g/mol. The summed E-state index contributed by atoms with van der Waals surface area (Å²) in [7, 11) is 0. The minimum Gasteiger partial charge on any atom is -0.482 e. The molecule has 2 rings (SSSR count). The smallest absolute Gasteiger partial charge is 0.341 e. The van der Waals surface area contributed by atoms with Gasteiger partial charge in [0.1, 0.15) is 5.75 Å². The van der Waals surface area contributed by atoms with E-state index in [2.05, 4.69) is 25.1 Å². The van der Waals surface area contributed by atoms with E-state index in [0.717, 1.165) is 17.5 Å². The van der Waals surface area contributed by atoms with E-state index < -0.39 is 5.97 Å². The summed E-state index contributed by atoms with van der Waals surface area (Å²) in [5.41, 5.74) is 3.55. The molecule has 98 valence electrons. The highest BCUT2D eigenvalue weighted by Crippen LogP contribution is 2.23. The number of hydrogen-bond donors (Lipinski definition) is 1. The Morgan fingerprint density at radius 2 is 1.84 bits per heavy atom. The van der Waals surface area contributed by atoms with Gasteiger partial charge in [-0.15, -0.1) is 0 Å². The third-order valence-electron chi connectivity index (χ3n) is 2.89. The Labute approximate surface area is 112 Å². The molecule has 3 nitrogen and oxygen atoms in total. The van der Waals surface area contributed by atoms with Crippen molar-refractivity contribution in [3.63, 3.8) is 0 Å². The Balaban J connectivity index is 2.15. The van der Waals surface area contributed by atoms with Crippen molar-refractivity contribution in [2.24, 2.45) is 0 Å². The normalized spacial score (nSPS) is 10.2. The molecule has 2 aromatic rings. The van der Waals surface area contributed by atoms with E-state index in [1.54, 1.807) is 12.1 Å². The number of carboxylic acid groups (broad SMARTS) is 1. The third-order valence-corrected chi connectivity index (χ3v) is 2.89. The summed E-state index contributed by atoms with van der Waals surface area (Å²) in [6.07, 6.45) is 1.01. The Hall–Kier alpha value is -2.29. The Morgan fingerprint density at radius 3 is 2.47 bits per heavy atom. The molecule has 0 atom stereocenters. The summed E-state index contributed by atoms with van der Waals surface area (Å²) in [6, 6.07) is 15.8. The first-order valence-corrected chi connectivity index (χ1v) is 6.23. The minimum absolute atomic E-state index is 0.315. The Bertz CT molecular complexity index is 558. The summed E-state index contributed by atoms with van der Waals surface area (Å²) in [4.78, 5) is 10.4. The Morgan fingerprint density at radius 1 is 1.11 bits per heavy atom. The molecule has 3 heteroatoms. The van der Waals surface area contributed by atoms with Gasteiger partial charge < -0.3 is 9.84 Å². The molecular weight excluding hydrogens is 240 g/mol. The zero-order valence-electron chi connectivity index (χ0n) is 10.8. The van der Waals surface area contributed by atoms with Crippen molar-refractivity contribution in [1.82, 2.24) is 0 Å². The van der Waals surface area contributed by atoms with Crippen molar-refractivity contribution in [3.05, 3.63) is 54.1 Å². The van der Waals surface area contributed by atoms with E-state index in [0.29, 0.717) is 5.75 Å². The van der Waals surface area contributed by atoms with Crippen LogP contribution in [0.4, 0.5) is 0 Å². The van der Waals surface area contributed by atoms with Crippen molar-refractivity contribution in [2.75, 3.05) is 6.61 Å². The molecule has 0 bridgehead atoms. The summed E-state index contributed by atoms with van der Waals surface area (Å²) >= 11 is 0. The number of benzene rings is 2. The minimum atomic E-state index is -0.972. The van der Waals surface area contributed by atoms with Crippen LogP contribution in [0.2, 0.25) is 0 Å². The first-order valence-electron chi connectivity index (χ1n) is 6.23. The van der Waals surface area contributed by atoms with Gasteiger partial charge in [-0.1, -0.05) is 43.3 Å². The summed E-state index contributed by atoms with van der Waals surface area (Å²) < 4.78 is 5.10. The number of carbonyl (C=O) groups is 1. The van der Waals surface area contributed by atoms with E-state index in [1.807, 2.05) is 18.2 Å². The topological polar surface area (TPSA) is 46.5 Å². The van der Waals surface area contributed by atoms with Crippen LogP contribution in [0.1, 0.15) is 12.5 Å². The van der Waals surface area contributed by atoms with Gasteiger partial charge in [0.05, 0.1) is 0 Å². The molecular formula is C16H16O3. The molecule has 0 spiro atoms. The number of ether oxygens (including phenoxy) is 1. The SMILES string of the molecule is CCc1cccc(-c2ccc(OCC(=O)O)cc2)c1. The quantitative estimate of drug-likeness (QED) is 0.892. The van der Waals surface area contributed by atoms with Crippen LogP contribution in [0, 0.1) is 0 Å². The lowest BCUT2D eigenvalue weighted by molar-refractivity contribution is -0.139. The Kier molecular flexibility index (Phi) is 4.18. The van der Waals surface area contributed by atoms with Crippen LogP contribution >= 0.6 is 0 Å². The van der Waals surface area contributed by atoms with E-state index in [9.17, 15) is 4.79 Å². The molecule has 0 aliphatic heterocycles. The molecule has 0 aliphatic rings. The second-order valence-corrected chi connectivity index (χ2v) is 4.26. The van der Waals surface area contributed by atoms with Crippen LogP contribution in [0.15, 0.2) is 48.5 Å². The second-order valence-electron chi connectivity index (χ2n) is 4.26. The van der Waals surface area contributed by atoms with Gasteiger partial charge in [-0.2, -0.15) is 0 Å². The van der Waals surface area contributed by atoms with Crippen molar-refractivity contribution < 1.29 is 14.6 Å². The fraction of sp³-hybridized carbons (Fsp3) is 0.188. The number of rotatable bonds is 5. The maximum Gasteiger partial charge on any atom is 0.341 e. The van der Waals surface area contributed by atoms with Gasteiger partial charge in [-0.25, -0.2) is 4.79 Å². The highest BCUT2D eigenvalue weighted by Gasteiger charge is 2.01. The van der Waals surface area contributed by atoms with Crippen LogP contribution in [-0.2, 0) is 11.2 Å². The number of carboxylic acids is 1. The van der Waals surface area contributed by atoms with E-state index in [4.69, 9.17) is 9.84 Å². The van der Waals surface area contributed by atoms with Crippen LogP contribution in [-0.4, -0.2) is 17.7 Å². The molecule has 0 saturated heterocycles. The molecule has 0 amide bonds. The van der Waals surface area contributed by atoms with Crippen molar-refractivity contribution in [1.29, 1.82) is 0 Å². The van der Waals surface area contributed by atoms with Crippen LogP contribution in [0.3, 0.4) is 0 Å². The van der Waals surface area contributed by atoms with Crippen molar-refractivity contribution >= 4 is 5.97 Å². The zero-order valence-corrected chi connectivity index (χ0v) is 10.8. The molecule has 0 radical (unpaired) electrons. The average Bonchev–Trinajstić information content (AvgIpc) is 2.45. The molecule has 0 fully saturated rings. The summed E-state index contributed by atoms with van der Waals surface area (Å²) in [5.74, 6) is -0.405. The largest absolute Gasteiger partial charge is 0.482 e. The third kappa shape index (κ3) is 3.58. The molecule has 0 saturated carbocycles. The lowest BCUT2D eigenvalue weighted by Gasteiger charge is -2.06. The lowest BCUT2D eigenvalue weighted by atomic mass is 10.0. The van der Waals surface area contributed by atoms with Gasteiger partial charge in [-0.3, -0.25) is 0 Å². The van der Waals surface area contributed by atoms with Crippen LogP contribution in [0.25, 0.3) is 11.1 Å². The standard InChI is InChI=1S/C16H16O3/c1-2-12-4-3-5-14(10-12)13-6-8-15(9-7-13)19-11-16(17)18/h3-10H,2,11H2,1H3,(H,17,18). The summed E-state index contributed by atoms with van der Waals surface area (Å²) in [5, 5.41) is 8.54. The van der Waals surface area contributed by atoms with Gasteiger partial charge >= 0.3 is 5.97 Å². The number of hydrogen-bond acceptors (Lipinski definition) is 2. The van der Waals surface area contributed by atoms with E-state index >= 15 is 0 Å². The first-order chi connectivity index (χ1) is 9.19. The predicted octanol–water partition coefficient (Wildman–Crippen LogP) is 3.38. The van der Waals surface area contributed by atoms with Crippen LogP contribution in [0.5, 0.6) is 5.75 Å². The second kappa shape index (κ2) is 6.05. The maximum absolute atomic E-state index is 10.4. The van der Waals surface area contributed by atoms with Crippen molar-refractivity contribution in [3.8, 4) is 16.9 Å². The van der Waals surface area contributed by atoms with Crippen molar-refractivity contribution in [2.45, 2.75) is 13.3 Å². The van der Waals surface area contributed by atoms with Gasteiger partial charge in [0.2, 0.25) is 0 Å². The predicted molar refractivity (Wildman–Crippen MR) is 74.4 cm³/mol. The van der Waals surface area contributed by atoms with Crippen LogP contribution < -0.4 is 4.74 Å². The van der Waals surface area contributed by atoms with Gasteiger partial charge in [0, 0.05) is 0 Å². The van der Waals surface area contributed by atoms with E-state index in [1.165, 1.54) is 5.56 Å². The highest BCUT2D eigenvalue weighted by molar-refractivity contribution is 5.69. The van der Waals surface area contributed by atoms with Gasteiger partial charge in [0.25, 0.3) is 0 Å². The molecule has 0 aromatic heterocycles. The van der Waals surface area contributed by atoms with Gasteiger partial charge in [0.15, 0.2) is 6.61 Å². The number of aliphatic carboxylic acids is 1. The fourth-order valence-electron chi connectivity index (χ4n) is 1.86.